The maximum atomic E-state index is 5.73. The third-order valence-electron chi connectivity index (χ3n) is 19.0. The van der Waals surface area contributed by atoms with Gasteiger partial charge >= 0.3 is 0 Å². The van der Waals surface area contributed by atoms with Gasteiger partial charge < -0.3 is 4.57 Å². The SMILES string of the molecule is CC1(C)c2ccccc2-c2ccc(-c3ccc4c5ccccc5n(-c5cccc(-c6cc(-c7ccc(-c8ccccc8)cc7-c7ccccc7)nc(-n7c8ccccc8c8ccc(-c9ccc%10c(c9)C(C)(C)c9ccccc9-%10)cc87)n6)c5)c4c3)cc21. The number of para-hydroxylation sites is 2. The third-order valence-corrected chi connectivity index (χ3v) is 19.0. The van der Waals surface area contributed by atoms with Gasteiger partial charge in [-0.05, 0) is 150 Å². The van der Waals surface area contributed by atoms with E-state index in [-0.39, 0.29) is 10.8 Å². The first-order valence-electron chi connectivity index (χ1n) is 30.0. The molecule has 12 aromatic carbocycles. The van der Waals surface area contributed by atoms with Gasteiger partial charge in [0.1, 0.15) is 0 Å². The minimum absolute atomic E-state index is 0.102. The molecule has 2 aliphatic carbocycles. The molecule has 0 saturated heterocycles. The van der Waals surface area contributed by atoms with Crippen molar-refractivity contribution in [1.82, 2.24) is 19.1 Å². The van der Waals surface area contributed by atoms with Crippen LogP contribution in [0.4, 0.5) is 0 Å². The van der Waals surface area contributed by atoms with Gasteiger partial charge in [0, 0.05) is 49.2 Å². The molecule has 0 fully saturated rings. The van der Waals surface area contributed by atoms with E-state index in [4.69, 9.17) is 9.97 Å². The molecule has 4 heteroatoms. The molecule has 0 radical (unpaired) electrons. The Bertz CT molecular complexity index is 5290. The Morgan fingerprint density at radius 2 is 0.674 bits per heavy atom. The summed E-state index contributed by atoms with van der Waals surface area (Å²) in [6.45, 7) is 9.43. The summed E-state index contributed by atoms with van der Waals surface area (Å²) in [5.74, 6) is 0.602. The highest BCUT2D eigenvalue weighted by Gasteiger charge is 2.37. The van der Waals surface area contributed by atoms with Crippen LogP contribution in [-0.2, 0) is 10.8 Å². The molecule has 406 valence electrons. The topological polar surface area (TPSA) is 35.6 Å². The fraction of sp³-hybridized carbons (Fsp3) is 0.0732. The van der Waals surface area contributed by atoms with Crippen molar-refractivity contribution in [3.8, 4) is 101 Å². The zero-order chi connectivity index (χ0) is 57.4. The number of rotatable bonds is 8. The Kier molecular flexibility index (Phi) is 11.0. The summed E-state index contributed by atoms with van der Waals surface area (Å²) in [6.07, 6.45) is 0. The maximum Gasteiger partial charge on any atom is 0.235 e. The van der Waals surface area contributed by atoms with Crippen molar-refractivity contribution in [2.45, 2.75) is 38.5 Å². The van der Waals surface area contributed by atoms with E-state index < -0.39 is 0 Å². The third kappa shape index (κ3) is 7.62. The lowest BCUT2D eigenvalue weighted by molar-refractivity contribution is 0.660. The Morgan fingerprint density at radius 1 is 0.244 bits per heavy atom. The van der Waals surface area contributed by atoms with E-state index in [1.54, 1.807) is 0 Å². The van der Waals surface area contributed by atoms with Crippen LogP contribution in [0.2, 0.25) is 0 Å². The molecule has 0 spiro atoms. The molecule has 4 nitrogen and oxygen atoms in total. The van der Waals surface area contributed by atoms with Crippen molar-refractivity contribution in [2.24, 2.45) is 0 Å². The van der Waals surface area contributed by atoms with Crippen molar-refractivity contribution >= 4 is 43.6 Å². The molecule has 3 heterocycles. The van der Waals surface area contributed by atoms with Gasteiger partial charge in [-0.1, -0.05) is 246 Å². The van der Waals surface area contributed by atoms with E-state index >= 15 is 0 Å². The molecule has 0 amide bonds. The molecule has 17 rings (SSSR count). The molecule has 0 saturated carbocycles. The standard InChI is InChI=1S/C82H58N4/c1-81(2)70-30-15-11-26-60(70)62-39-34-54(46-72(62)81)56-37-42-67-65-28-13-17-32-76(65)85(78(67)48-56)59-25-19-24-58(44-59)74-50-75(64-41-36-53(51-20-7-5-8-21-51)45-69(64)52-22-9-6-10-23-52)84-80(83-74)86-77-33-18-14-29-66(77)68-43-38-57(49-79(68)86)55-35-40-63-61-27-12-16-31-71(61)82(3,4)73(63)47-55/h5-50H,1-4H3. The van der Waals surface area contributed by atoms with Gasteiger partial charge in [-0.3, -0.25) is 4.57 Å². The van der Waals surface area contributed by atoms with E-state index in [9.17, 15) is 0 Å². The average molecular weight is 1100 g/mol. The fourth-order valence-electron chi connectivity index (χ4n) is 14.6. The summed E-state index contributed by atoms with van der Waals surface area (Å²) in [5, 5.41) is 4.71. The number of fused-ring (bicyclic) bond motifs is 12. The van der Waals surface area contributed by atoms with Gasteiger partial charge in [0.15, 0.2) is 0 Å². The van der Waals surface area contributed by atoms with Crippen molar-refractivity contribution in [3.63, 3.8) is 0 Å². The highest BCUT2D eigenvalue weighted by atomic mass is 15.2. The minimum Gasteiger partial charge on any atom is -0.309 e. The predicted octanol–water partition coefficient (Wildman–Crippen LogP) is 21.3. The average Bonchev–Trinajstić information content (AvgIpc) is 2.29. The quantitative estimate of drug-likeness (QED) is 0.152. The smallest absolute Gasteiger partial charge is 0.235 e. The second kappa shape index (κ2) is 18.9. The monoisotopic (exact) mass is 1100 g/mol. The molecule has 0 bridgehead atoms. The summed E-state index contributed by atoms with van der Waals surface area (Å²) in [6, 6.07) is 103. The molecule has 15 aromatic rings. The Labute approximate surface area is 500 Å². The van der Waals surface area contributed by atoms with E-state index in [1.807, 2.05) is 0 Å². The van der Waals surface area contributed by atoms with Crippen LogP contribution in [0.25, 0.3) is 145 Å². The van der Waals surface area contributed by atoms with Crippen molar-refractivity contribution in [3.05, 3.63) is 301 Å². The Hall–Kier alpha value is -10.7. The van der Waals surface area contributed by atoms with Gasteiger partial charge in [0.05, 0.1) is 33.5 Å². The molecular weight excluding hydrogens is 1040 g/mol. The summed E-state index contributed by atoms with van der Waals surface area (Å²) in [7, 11) is 0. The van der Waals surface area contributed by atoms with Crippen molar-refractivity contribution in [1.29, 1.82) is 0 Å². The summed E-state index contributed by atoms with van der Waals surface area (Å²) >= 11 is 0. The normalized spacial score (nSPS) is 13.5. The first-order valence-corrected chi connectivity index (χ1v) is 30.0. The fourth-order valence-corrected chi connectivity index (χ4v) is 14.6. The number of aromatic nitrogens is 4. The predicted molar refractivity (Wildman–Crippen MR) is 358 cm³/mol. The number of hydrogen-bond donors (Lipinski definition) is 0. The highest BCUT2D eigenvalue weighted by Crippen LogP contribution is 2.52. The number of hydrogen-bond acceptors (Lipinski definition) is 2. The van der Waals surface area contributed by atoms with Crippen LogP contribution in [0.15, 0.2) is 279 Å². The Morgan fingerprint density at radius 3 is 1.28 bits per heavy atom. The van der Waals surface area contributed by atoms with Gasteiger partial charge in [0.25, 0.3) is 0 Å². The molecule has 3 aromatic heterocycles. The number of benzene rings is 12. The van der Waals surface area contributed by atoms with Crippen LogP contribution in [0.5, 0.6) is 0 Å². The molecule has 2 aliphatic rings. The van der Waals surface area contributed by atoms with E-state index in [0.29, 0.717) is 5.95 Å². The second-order valence-corrected chi connectivity index (χ2v) is 24.5. The molecule has 0 atom stereocenters. The van der Waals surface area contributed by atoms with Gasteiger partial charge in [-0.15, -0.1) is 0 Å². The van der Waals surface area contributed by atoms with Crippen LogP contribution in [0.1, 0.15) is 49.9 Å². The summed E-state index contributed by atoms with van der Waals surface area (Å²) in [5.41, 5.74) is 28.9. The van der Waals surface area contributed by atoms with Crippen LogP contribution in [0.3, 0.4) is 0 Å². The lowest BCUT2D eigenvalue weighted by Gasteiger charge is -2.22. The first kappa shape index (κ1) is 49.9. The van der Waals surface area contributed by atoms with Gasteiger partial charge in [-0.25, -0.2) is 9.97 Å². The van der Waals surface area contributed by atoms with Crippen LogP contribution in [0, 0.1) is 0 Å². The number of nitrogens with zero attached hydrogens (tertiary/aromatic N) is 4. The molecule has 0 aliphatic heterocycles. The van der Waals surface area contributed by atoms with E-state index in [0.717, 1.165) is 88.9 Å². The lowest BCUT2D eigenvalue weighted by atomic mass is 9.81. The van der Waals surface area contributed by atoms with Crippen molar-refractivity contribution in [2.75, 3.05) is 0 Å². The van der Waals surface area contributed by atoms with Crippen LogP contribution in [-0.4, -0.2) is 19.1 Å². The van der Waals surface area contributed by atoms with Crippen LogP contribution >= 0.6 is 0 Å². The zero-order valence-electron chi connectivity index (χ0n) is 48.3. The van der Waals surface area contributed by atoms with Crippen LogP contribution < -0.4 is 0 Å². The summed E-state index contributed by atoms with van der Waals surface area (Å²) < 4.78 is 4.74. The molecule has 86 heavy (non-hydrogen) atoms. The molecular formula is C82H58N4. The van der Waals surface area contributed by atoms with Gasteiger partial charge in [0.2, 0.25) is 5.95 Å². The van der Waals surface area contributed by atoms with E-state index in [1.165, 1.54) is 72.0 Å². The second-order valence-electron chi connectivity index (χ2n) is 24.5. The highest BCUT2D eigenvalue weighted by molar-refractivity contribution is 6.11. The first-order chi connectivity index (χ1) is 42.1. The van der Waals surface area contributed by atoms with Gasteiger partial charge in [-0.2, -0.15) is 0 Å². The molecule has 0 N–H and O–H groups in total. The Balaban J connectivity index is 0.865. The maximum absolute atomic E-state index is 5.73. The van der Waals surface area contributed by atoms with Crippen molar-refractivity contribution < 1.29 is 0 Å². The summed E-state index contributed by atoms with van der Waals surface area (Å²) in [4.78, 5) is 11.5. The zero-order valence-corrected chi connectivity index (χ0v) is 48.3. The lowest BCUT2D eigenvalue weighted by Crippen LogP contribution is -2.14. The minimum atomic E-state index is -0.126. The van der Waals surface area contributed by atoms with E-state index in [2.05, 4.69) is 316 Å². The molecule has 0 unspecified atom stereocenters. The largest absolute Gasteiger partial charge is 0.309 e.